The van der Waals surface area contributed by atoms with E-state index in [2.05, 4.69) is 20.9 Å². The second-order valence-corrected chi connectivity index (χ2v) is 6.15. The van der Waals surface area contributed by atoms with E-state index in [9.17, 15) is 4.57 Å². The van der Waals surface area contributed by atoms with Crippen LogP contribution in [0.5, 0.6) is 0 Å². The lowest BCUT2D eigenvalue weighted by molar-refractivity contribution is 0.219. The Bertz CT molecular complexity index is 418. The maximum atomic E-state index is 12.3. The number of pyridine rings is 1. The molecule has 0 aromatic carbocycles. The molecule has 1 heterocycles. The molecular weight excluding hydrogens is 307 g/mol. The van der Waals surface area contributed by atoms with Gasteiger partial charge in [-0.2, -0.15) is 0 Å². The van der Waals surface area contributed by atoms with Gasteiger partial charge in [0, 0.05) is 5.56 Å². The summed E-state index contributed by atoms with van der Waals surface area (Å²) < 4.78 is 23.3. The van der Waals surface area contributed by atoms with Crippen LogP contribution in [0.3, 0.4) is 0 Å². The fourth-order valence-electron chi connectivity index (χ4n) is 1.34. The van der Waals surface area contributed by atoms with Crippen molar-refractivity contribution >= 4 is 29.3 Å². The lowest BCUT2D eigenvalue weighted by atomic mass is 10.3. The molecule has 17 heavy (non-hydrogen) atoms. The van der Waals surface area contributed by atoms with Gasteiger partial charge in [-0.05, 0) is 35.8 Å². The first-order valence-electron chi connectivity index (χ1n) is 5.29. The molecule has 0 fully saturated rings. The summed E-state index contributed by atoms with van der Waals surface area (Å²) in [7, 11) is -3.12. The Morgan fingerprint density at radius 1 is 1.35 bits per heavy atom. The minimum absolute atomic E-state index is 0.140. The van der Waals surface area contributed by atoms with Gasteiger partial charge in [0.1, 0.15) is 10.4 Å². The molecule has 0 saturated carbocycles. The minimum Gasteiger partial charge on any atom is -0.383 e. The third-order valence-electron chi connectivity index (χ3n) is 1.99. The van der Waals surface area contributed by atoms with E-state index in [4.69, 9.17) is 14.8 Å². The molecule has 0 bridgehead atoms. The molecule has 1 rings (SSSR count). The quantitative estimate of drug-likeness (QED) is 0.643. The predicted octanol–water partition coefficient (Wildman–Crippen LogP) is 3.19. The zero-order valence-electron chi connectivity index (χ0n) is 9.85. The van der Waals surface area contributed by atoms with Crippen molar-refractivity contribution in [1.82, 2.24) is 4.98 Å². The van der Waals surface area contributed by atoms with Gasteiger partial charge in [0.15, 0.2) is 0 Å². The summed E-state index contributed by atoms with van der Waals surface area (Å²) in [5, 5.41) is 0. The van der Waals surface area contributed by atoms with E-state index in [0.717, 1.165) is 0 Å². The molecule has 0 aliphatic rings. The Kier molecular flexibility index (Phi) is 5.59. The molecule has 2 N–H and O–H groups in total. The lowest BCUT2D eigenvalue weighted by Gasteiger charge is -2.17. The van der Waals surface area contributed by atoms with Crippen LogP contribution in [0, 0.1) is 0 Å². The summed E-state index contributed by atoms with van der Waals surface area (Å²) in [5.41, 5.74) is 6.41. The molecule has 0 amide bonds. The lowest BCUT2D eigenvalue weighted by Crippen LogP contribution is -2.03. The molecule has 0 aliphatic carbocycles. The number of rotatable bonds is 6. The van der Waals surface area contributed by atoms with E-state index in [1.54, 1.807) is 26.0 Å². The van der Waals surface area contributed by atoms with Crippen LogP contribution in [0.15, 0.2) is 16.7 Å². The molecular formula is C10H16BrN2O3P. The average Bonchev–Trinajstić information content (AvgIpc) is 2.23. The number of hydrogen-bond acceptors (Lipinski definition) is 5. The average molecular weight is 323 g/mol. The number of nitrogen functional groups attached to an aromatic ring is 1. The molecule has 0 radical (unpaired) electrons. The fraction of sp³-hybridized carbons (Fsp3) is 0.500. The molecule has 1 aromatic heterocycles. The van der Waals surface area contributed by atoms with Crippen molar-refractivity contribution in [2.24, 2.45) is 0 Å². The summed E-state index contributed by atoms with van der Waals surface area (Å²) in [6, 6.07) is 3.50. The molecule has 5 nitrogen and oxygen atoms in total. The van der Waals surface area contributed by atoms with Gasteiger partial charge in [-0.3, -0.25) is 4.57 Å². The number of hydrogen-bond donors (Lipinski definition) is 1. The van der Waals surface area contributed by atoms with Crippen LogP contribution in [0.25, 0.3) is 0 Å². The standard InChI is InChI=1S/C10H16BrN2O3P/c1-3-15-17(14,16-4-2)7-8-5-6-9(11)13-10(8)12/h5-6H,3-4,7H2,1-2H3,(H2,12,13). The van der Waals surface area contributed by atoms with Crippen molar-refractivity contribution in [3.05, 3.63) is 22.3 Å². The Morgan fingerprint density at radius 3 is 2.41 bits per heavy atom. The summed E-state index contributed by atoms with van der Waals surface area (Å²) in [6.07, 6.45) is 0.140. The first-order valence-corrected chi connectivity index (χ1v) is 7.82. The normalized spacial score (nSPS) is 11.7. The number of halogens is 1. The Hall–Kier alpha value is -0.420. The van der Waals surface area contributed by atoms with Gasteiger partial charge in [0.05, 0.1) is 19.4 Å². The zero-order chi connectivity index (χ0) is 12.9. The predicted molar refractivity (Wildman–Crippen MR) is 70.9 cm³/mol. The maximum absolute atomic E-state index is 12.3. The number of aromatic nitrogens is 1. The Balaban J connectivity index is 2.89. The summed E-state index contributed by atoms with van der Waals surface area (Å²) in [6.45, 7) is 4.21. The van der Waals surface area contributed by atoms with Crippen LogP contribution in [0.2, 0.25) is 0 Å². The van der Waals surface area contributed by atoms with Crippen LogP contribution in [-0.2, 0) is 19.8 Å². The van der Waals surface area contributed by atoms with Crippen LogP contribution in [0.1, 0.15) is 19.4 Å². The molecule has 0 aliphatic heterocycles. The van der Waals surface area contributed by atoms with Crippen molar-refractivity contribution in [3.63, 3.8) is 0 Å². The third-order valence-corrected chi connectivity index (χ3v) is 4.47. The summed E-state index contributed by atoms with van der Waals surface area (Å²) >= 11 is 3.21. The van der Waals surface area contributed by atoms with Gasteiger partial charge in [0.25, 0.3) is 0 Å². The van der Waals surface area contributed by atoms with E-state index in [1.165, 1.54) is 0 Å². The van der Waals surface area contributed by atoms with Crippen LogP contribution in [0.4, 0.5) is 5.82 Å². The van der Waals surface area contributed by atoms with Gasteiger partial charge in [-0.15, -0.1) is 0 Å². The molecule has 1 aromatic rings. The van der Waals surface area contributed by atoms with E-state index >= 15 is 0 Å². The Morgan fingerprint density at radius 2 is 1.94 bits per heavy atom. The van der Waals surface area contributed by atoms with Crippen molar-refractivity contribution in [2.75, 3.05) is 18.9 Å². The highest BCUT2D eigenvalue weighted by Crippen LogP contribution is 2.51. The molecule has 7 heteroatoms. The highest BCUT2D eigenvalue weighted by atomic mass is 79.9. The van der Waals surface area contributed by atoms with E-state index in [-0.39, 0.29) is 6.16 Å². The third kappa shape index (κ3) is 4.39. The topological polar surface area (TPSA) is 74.4 Å². The number of anilines is 1. The first kappa shape index (κ1) is 14.6. The van der Waals surface area contributed by atoms with Gasteiger partial charge < -0.3 is 14.8 Å². The molecule has 0 unspecified atom stereocenters. The number of nitrogens with zero attached hydrogens (tertiary/aromatic N) is 1. The summed E-state index contributed by atoms with van der Waals surface area (Å²) in [5.74, 6) is 0.332. The van der Waals surface area contributed by atoms with Crippen molar-refractivity contribution in [3.8, 4) is 0 Å². The van der Waals surface area contributed by atoms with Gasteiger partial charge in [0.2, 0.25) is 0 Å². The van der Waals surface area contributed by atoms with Crippen LogP contribution in [-0.4, -0.2) is 18.2 Å². The van der Waals surface area contributed by atoms with Crippen molar-refractivity contribution < 1.29 is 13.6 Å². The number of nitrogens with two attached hydrogens (primary N) is 1. The summed E-state index contributed by atoms with van der Waals surface area (Å²) in [4.78, 5) is 4.04. The van der Waals surface area contributed by atoms with E-state index < -0.39 is 7.60 Å². The minimum atomic E-state index is -3.12. The second-order valence-electron chi connectivity index (χ2n) is 3.28. The van der Waals surface area contributed by atoms with Crippen LogP contribution < -0.4 is 5.73 Å². The highest BCUT2D eigenvalue weighted by Gasteiger charge is 2.25. The highest BCUT2D eigenvalue weighted by molar-refractivity contribution is 9.10. The van der Waals surface area contributed by atoms with Crippen molar-refractivity contribution in [1.29, 1.82) is 0 Å². The zero-order valence-corrected chi connectivity index (χ0v) is 12.3. The van der Waals surface area contributed by atoms with Crippen LogP contribution >= 0.6 is 23.5 Å². The van der Waals surface area contributed by atoms with Gasteiger partial charge in [-0.25, -0.2) is 4.98 Å². The van der Waals surface area contributed by atoms with Gasteiger partial charge in [-0.1, -0.05) is 6.07 Å². The van der Waals surface area contributed by atoms with Crippen molar-refractivity contribution in [2.45, 2.75) is 20.0 Å². The molecule has 0 atom stereocenters. The second kappa shape index (κ2) is 6.50. The first-order chi connectivity index (χ1) is 8.00. The monoisotopic (exact) mass is 322 g/mol. The Labute approximate surface area is 109 Å². The molecule has 0 saturated heterocycles. The molecule has 0 spiro atoms. The SMILES string of the molecule is CCOP(=O)(Cc1ccc(Br)nc1N)OCC. The largest absolute Gasteiger partial charge is 0.383 e. The smallest absolute Gasteiger partial charge is 0.335 e. The fourth-order valence-corrected chi connectivity index (χ4v) is 3.39. The maximum Gasteiger partial charge on any atom is 0.335 e. The molecule has 96 valence electrons. The van der Waals surface area contributed by atoms with E-state index in [0.29, 0.717) is 29.2 Å². The van der Waals surface area contributed by atoms with E-state index in [1.807, 2.05) is 0 Å². The van der Waals surface area contributed by atoms with Gasteiger partial charge >= 0.3 is 7.60 Å².